The highest BCUT2D eigenvalue weighted by Crippen LogP contribution is 2.44. The van der Waals surface area contributed by atoms with Crippen LogP contribution in [0.3, 0.4) is 0 Å². The van der Waals surface area contributed by atoms with E-state index in [9.17, 15) is 0 Å². The van der Waals surface area contributed by atoms with Gasteiger partial charge in [0.1, 0.15) is 0 Å². The molecular formula is C47H30N2. The maximum atomic E-state index is 5.22. The number of benzene rings is 8. The lowest BCUT2D eigenvalue weighted by Gasteiger charge is -2.17. The van der Waals surface area contributed by atoms with Crippen LogP contribution in [0.1, 0.15) is 0 Å². The van der Waals surface area contributed by atoms with Gasteiger partial charge in [-0.15, -0.1) is 0 Å². The molecule has 0 radical (unpaired) electrons. The van der Waals surface area contributed by atoms with Crippen LogP contribution in [0.15, 0.2) is 182 Å². The van der Waals surface area contributed by atoms with Crippen molar-refractivity contribution in [1.29, 1.82) is 0 Å². The fourth-order valence-electron chi connectivity index (χ4n) is 7.87. The summed E-state index contributed by atoms with van der Waals surface area (Å²) in [5, 5.41) is 9.84. The third kappa shape index (κ3) is 4.31. The van der Waals surface area contributed by atoms with Crippen molar-refractivity contribution in [2.24, 2.45) is 0 Å². The van der Waals surface area contributed by atoms with Gasteiger partial charge in [-0.05, 0) is 85.4 Å². The van der Waals surface area contributed by atoms with Gasteiger partial charge in [0.05, 0.1) is 16.7 Å². The lowest BCUT2D eigenvalue weighted by Crippen LogP contribution is -1.93. The molecule has 0 N–H and O–H groups in total. The van der Waals surface area contributed by atoms with Crippen molar-refractivity contribution in [2.45, 2.75) is 0 Å². The number of rotatable bonds is 4. The lowest BCUT2D eigenvalue weighted by atomic mass is 9.87. The fourth-order valence-corrected chi connectivity index (χ4v) is 7.87. The zero-order valence-electron chi connectivity index (χ0n) is 26.7. The van der Waals surface area contributed by atoms with Crippen LogP contribution >= 0.6 is 0 Å². The molecule has 2 heterocycles. The number of nitrogens with zero attached hydrogens (tertiary/aromatic N) is 2. The van der Waals surface area contributed by atoms with Gasteiger partial charge in [-0.2, -0.15) is 0 Å². The maximum Gasteiger partial charge on any atom is 0.0714 e. The number of para-hydroxylation sites is 1. The number of hydrogen-bond acceptors (Lipinski definition) is 1. The Morgan fingerprint density at radius 2 is 0.980 bits per heavy atom. The van der Waals surface area contributed by atoms with Gasteiger partial charge >= 0.3 is 0 Å². The Kier molecular flexibility index (Phi) is 6.22. The largest absolute Gasteiger partial charge is 0.309 e. The van der Waals surface area contributed by atoms with Gasteiger partial charge in [0.2, 0.25) is 0 Å². The highest BCUT2D eigenvalue weighted by atomic mass is 15.0. The molecule has 0 aliphatic carbocycles. The molecule has 10 rings (SSSR count). The highest BCUT2D eigenvalue weighted by Gasteiger charge is 2.19. The lowest BCUT2D eigenvalue weighted by molar-refractivity contribution is 1.18. The molecule has 0 saturated carbocycles. The first-order chi connectivity index (χ1) is 24.3. The predicted octanol–water partition coefficient (Wildman–Crippen LogP) is 12.6. The molecule has 2 aromatic heterocycles. The number of fused-ring (bicyclic) bond motifs is 6. The van der Waals surface area contributed by atoms with Crippen LogP contribution in [0.2, 0.25) is 0 Å². The van der Waals surface area contributed by atoms with Crippen LogP contribution in [-0.2, 0) is 0 Å². The van der Waals surface area contributed by atoms with E-state index in [-0.39, 0.29) is 0 Å². The molecule has 0 atom stereocenters. The summed E-state index contributed by atoms with van der Waals surface area (Å²) >= 11 is 0. The Bertz CT molecular complexity index is 2790. The van der Waals surface area contributed by atoms with Crippen molar-refractivity contribution in [3.8, 4) is 39.2 Å². The van der Waals surface area contributed by atoms with Crippen LogP contribution in [0.5, 0.6) is 0 Å². The van der Waals surface area contributed by atoms with Crippen LogP contribution in [0, 0.1) is 0 Å². The Morgan fingerprint density at radius 3 is 1.63 bits per heavy atom. The Labute approximate surface area is 284 Å². The third-order valence-electron chi connectivity index (χ3n) is 10.00. The maximum absolute atomic E-state index is 5.22. The molecule has 0 fully saturated rings. The molecule has 10 aromatic rings. The molecule has 0 aliphatic heterocycles. The average Bonchev–Trinajstić information content (AvgIpc) is 3.50. The SMILES string of the molecule is c1ccc(-c2c3ccccc3c(-c3ccc(-c4cccc5c4c4cc6ccccc6cc4n5-c4ccccc4)cn3)c3ccccc23)cc1. The molecule has 49 heavy (non-hydrogen) atoms. The monoisotopic (exact) mass is 622 g/mol. The summed E-state index contributed by atoms with van der Waals surface area (Å²) in [6.07, 6.45) is 2.06. The Balaban J connectivity index is 1.20. The molecule has 0 saturated heterocycles. The summed E-state index contributed by atoms with van der Waals surface area (Å²) in [4.78, 5) is 5.22. The number of hydrogen-bond donors (Lipinski definition) is 0. The quantitative estimate of drug-likeness (QED) is 0.179. The minimum atomic E-state index is 0.973. The first-order valence-electron chi connectivity index (χ1n) is 16.8. The standard InChI is InChI=1S/C47H30N2/c1-3-14-31(15-4-1)45-37-20-9-11-22-39(37)46(40-23-12-10-21-38(40)45)42-27-26-34(30-48-42)36-24-13-25-43-47(36)41-28-32-16-7-8-17-33(32)29-44(41)49(43)35-18-5-2-6-19-35/h1-30H. The van der Waals surface area contributed by atoms with Crippen LogP contribution in [0.4, 0.5) is 0 Å². The zero-order chi connectivity index (χ0) is 32.3. The molecule has 2 nitrogen and oxygen atoms in total. The summed E-state index contributed by atoms with van der Waals surface area (Å²) in [6, 6.07) is 63.4. The van der Waals surface area contributed by atoms with Gasteiger partial charge < -0.3 is 4.57 Å². The van der Waals surface area contributed by atoms with Gasteiger partial charge in [-0.1, -0.05) is 140 Å². The van der Waals surface area contributed by atoms with E-state index < -0.39 is 0 Å². The van der Waals surface area contributed by atoms with Crippen molar-refractivity contribution in [2.75, 3.05) is 0 Å². The second kappa shape index (κ2) is 11.0. The summed E-state index contributed by atoms with van der Waals surface area (Å²) in [6.45, 7) is 0. The van der Waals surface area contributed by atoms with Gasteiger partial charge in [-0.3, -0.25) is 4.98 Å². The van der Waals surface area contributed by atoms with E-state index in [1.54, 1.807) is 0 Å². The number of aromatic nitrogens is 2. The van der Waals surface area contributed by atoms with E-state index in [0.29, 0.717) is 0 Å². The minimum Gasteiger partial charge on any atom is -0.309 e. The van der Waals surface area contributed by atoms with Crippen molar-refractivity contribution >= 4 is 54.1 Å². The van der Waals surface area contributed by atoms with Crippen molar-refractivity contribution in [1.82, 2.24) is 9.55 Å². The molecule has 0 aliphatic rings. The first kappa shape index (κ1) is 27.6. The predicted molar refractivity (Wildman–Crippen MR) is 207 cm³/mol. The Morgan fingerprint density at radius 1 is 0.388 bits per heavy atom. The van der Waals surface area contributed by atoms with Crippen molar-refractivity contribution in [3.05, 3.63) is 182 Å². The summed E-state index contributed by atoms with van der Waals surface area (Å²) in [5.41, 5.74) is 10.5. The smallest absolute Gasteiger partial charge is 0.0714 e. The van der Waals surface area contributed by atoms with Gasteiger partial charge in [0.15, 0.2) is 0 Å². The van der Waals surface area contributed by atoms with Crippen LogP contribution in [-0.4, -0.2) is 9.55 Å². The second-order valence-electron chi connectivity index (χ2n) is 12.7. The van der Waals surface area contributed by atoms with Crippen molar-refractivity contribution < 1.29 is 0 Å². The fraction of sp³-hybridized carbons (Fsp3) is 0. The molecule has 0 amide bonds. The van der Waals surface area contributed by atoms with E-state index in [1.807, 2.05) is 0 Å². The van der Waals surface area contributed by atoms with Gasteiger partial charge in [0, 0.05) is 33.8 Å². The van der Waals surface area contributed by atoms with Gasteiger partial charge in [0.25, 0.3) is 0 Å². The van der Waals surface area contributed by atoms with Crippen LogP contribution in [0.25, 0.3) is 93.3 Å². The van der Waals surface area contributed by atoms with Crippen molar-refractivity contribution in [3.63, 3.8) is 0 Å². The first-order valence-corrected chi connectivity index (χ1v) is 16.8. The van der Waals surface area contributed by atoms with E-state index >= 15 is 0 Å². The van der Waals surface area contributed by atoms with E-state index in [1.165, 1.54) is 76.4 Å². The van der Waals surface area contributed by atoms with Gasteiger partial charge in [-0.25, -0.2) is 0 Å². The van der Waals surface area contributed by atoms with E-state index in [4.69, 9.17) is 4.98 Å². The molecule has 0 unspecified atom stereocenters. The molecule has 2 heteroatoms. The average molecular weight is 623 g/mol. The molecule has 0 spiro atoms. The summed E-state index contributed by atoms with van der Waals surface area (Å²) in [5.74, 6) is 0. The summed E-state index contributed by atoms with van der Waals surface area (Å²) < 4.78 is 2.40. The highest BCUT2D eigenvalue weighted by molar-refractivity contribution is 6.21. The third-order valence-corrected chi connectivity index (χ3v) is 10.00. The summed E-state index contributed by atoms with van der Waals surface area (Å²) in [7, 11) is 0. The normalized spacial score (nSPS) is 11.7. The van der Waals surface area contributed by atoms with Crippen LogP contribution < -0.4 is 0 Å². The molecule has 8 aromatic carbocycles. The number of pyridine rings is 1. The molecule has 0 bridgehead atoms. The topological polar surface area (TPSA) is 17.8 Å². The molecule has 228 valence electrons. The molecular weight excluding hydrogens is 593 g/mol. The minimum absolute atomic E-state index is 0.973. The zero-order valence-corrected chi connectivity index (χ0v) is 26.7. The second-order valence-corrected chi connectivity index (χ2v) is 12.7. The van der Waals surface area contributed by atoms with E-state index in [2.05, 4.69) is 187 Å². The Hall–Kier alpha value is -6.51. The van der Waals surface area contributed by atoms with E-state index in [0.717, 1.165) is 16.9 Å².